The minimum atomic E-state index is -0.378. The Hall–Kier alpha value is -3.74. The Balaban J connectivity index is 1.67. The zero-order valence-corrected chi connectivity index (χ0v) is 15.6. The van der Waals surface area contributed by atoms with E-state index in [4.69, 9.17) is 4.74 Å². The number of Topliss-reactive ketones (excluding diaryl/α,β-unsaturated/α-hetero) is 1. The smallest absolute Gasteiger partial charge is 0.276 e. The van der Waals surface area contributed by atoms with E-state index in [-0.39, 0.29) is 17.4 Å². The number of aromatic nitrogens is 2. The third-order valence-electron chi connectivity index (χ3n) is 3.90. The lowest BCUT2D eigenvalue weighted by molar-refractivity contribution is 0.101. The molecule has 3 aromatic rings. The molecule has 142 valence electrons. The molecule has 0 saturated carbocycles. The molecule has 7 heteroatoms. The van der Waals surface area contributed by atoms with Crippen LogP contribution in [0.5, 0.6) is 5.75 Å². The maximum atomic E-state index is 12.4. The van der Waals surface area contributed by atoms with Crippen LogP contribution in [-0.2, 0) is 0 Å². The Morgan fingerprint density at radius 1 is 0.964 bits per heavy atom. The topological polar surface area (TPSA) is 93.2 Å². The van der Waals surface area contributed by atoms with Crippen molar-refractivity contribution in [2.24, 2.45) is 0 Å². The fraction of sp³-hybridized carbons (Fsp3) is 0.143. The third-order valence-corrected chi connectivity index (χ3v) is 3.90. The molecule has 2 N–H and O–H groups in total. The van der Waals surface area contributed by atoms with Gasteiger partial charge in [-0.2, -0.15) is 0 Å². The highest BCUT2D eigenvalue weighted by Gasteiger charge is 2.12. The van der Waals surface area contributed by atoms with Crippen molar-refractivity contribution in [1.29, 1.82) is 0 Å². The predicted molar refractivity (Wildman–Crippen MR) is 107 cm³/mol. The van der Waals surface area contributed by atoms with E-state index in [1.165, 1.54) is 6.92 Å². The number of amides is 1. The lowest BCUT2D eigenvalue weighted by atomic mass is 10.1. The van der Waals surface area contributed by atoms with E-state index < -0.39 is 0 Å². The molecule has 1 amide bonds. The summed E-state index contributed by atoms with van der Waals surface area (Å²) in [6.45, 7) is 3.90. The molecule has 2 aromatic carbocycles. The molecule has 0 atom stereocenters. The number of para-hydroxylation sites is 2. The second-order valence-corrected chi connectivity index (χ2v) is 5.95. The van der Waals surface area contributed by atoms with Crippen molar-refractivity contribution in [2.45, 2.75) is 13.8 Å². The van der Waals surface area contributed by atoms with Crippen molar-refractivity contribution in [2.75, 3.05) is 17.2 Å². The Morgan fingerprint density at radius 2 is 1.71 bits per heavy atom. The molecule has 0 bridgehead atoms. The lowest BCUT2D eigenvalue weighted by Gasteiger charge is -2.11. The van der Waals surface area contributed by atoms with E-state index in [0.717, 1.165) is 5.69 Å². The lowest BCUT2D eigenvalue weighted by Crippen LogP contribution is -2.15. The van der Waals surface area contributed by atoms with Gasteiger partial charge in [-0.3, -0.25) is 9.59 Å². The standard InChI is InChI=1S/C21H20N4O3/c1-3-28-19-7-5-4-6-17(19)23-21(27)18-12-13-20(25-24-18)22-16-10-8-15(9-11-16)14(2)26/h4-13H,3H2,1-2H3,(H,22,25)(H,23,27). The molecule has 0 fully saturated rings. The highest BCUT2D eigenvalue weighted by Crippen LogP contribution is 2.24. The van der Waals surface area contributed by atoms with Gasteiger partial charge in [0.15, 0.2) is 17.3 Å². The number of rotatable bonds is 7. The van der Waals surface area contributed by atoms with Crippen molar-refractivity contribution < 1.29 is 14.3 Å². The van der Waals surface area contributed by atoms with Crippen molar-refractivity contribution >= 4 is 28.9 Å². The molecule has 28 heavy (non-hydrogen) atoms. The number of nitrogens with zero attached hydrogens (tertiary/aromatic N) is 2. The number of hydrogen-bond acceptors (Lipinski definition) is 6. The fourth-order valence-corrected chi connectivity index (χ4v) is 2.49. The summed E-state index contributed by atoms with van der Waals surface area (Å²) in [6.07, 6.45) is 0. The van der Waals surface area contributed by atoms with E-state index in [9.17, 15) is 9.59 Å². The summed E-state index contributed by atoms with van der Waals surface area (Å²) in [5, 5.41) is 13.9. The van der Waals surface area contributed by atoms with Gasteiger partial charge in [-0.1, -0.05) is 12.1 Å². The summed E-state index contributed by atoms with van der Waals surface area (Å²) in [4.78, 5) is 23.7. The predicted octanol–water partition coefficient (Wildman–Crippen LogP) is 4.07. The molecule has 7 nitrogen and oxygen atoms in total. The van der Waals surface area contributed by atoms with Crippen LogP contribution >= 0.6 is 0 Å². The summed E-state index contributed by atoms with van der Waals surface area (Å²) in [5.41, 5.74) is 2.16. The first-order chi connectivity index (χ1) is 13.6. The monoisotopic (exact) mass is 376 g/mol. The molecule has 0 aliphatic rings. The molecule has 0 unspecified atom stereocenters. The van der Waals surface area contributed by atoms with E-state index in [1.54, 1.807) is 48.5 Å². The number of benzene rings is 2. The molecule has 0 spiro atoms. The van der Waals surface area contributed by atoms with E-state index in [0.29, 0.717) is 29.4 Å². The summed E-state index contributed by atoms with van der Waals surface area (Å²) in [7, 11) is 0. The first-order valence-corrected chi connectivity index (χ1v) is 8.81. The van der Waals surface area contributed by atoms with Crippen LogP contribution < -0.4 is 15.4 Å². The van der Waals surface area contributed by atoms with Crippen molar-refractivity contribution in [3.63, 3.8) is 0 Å². The number of ketones is 1. The molecule has 0 aliphatic heterocycles. The Morgan fingerprint density at radius 3 is 2.36 bits per heavy atom. The van der Waals surface area contributed by atoms with Gasteiger partial charge in [0.2, 0.25) is 0 Å². The van der Waals surface area contributed by atoms with Crippen LogP contribution in [-0.4, -0.2) is 28.5 Å². The van der Waals surface area contributed by atoms with E-state index in [1.807, 2.05) is 19.1 Å². The van der Waals surface area contributed by atoms with Gasteiger partial charge >= 0.3 is 0 Å². The van der Waals surface area contributed by atoms with Crippen LogP contribution in [0.1, 0.15) is 34.7 Å². The first kappa shape index (κ1) is 19.0. The zero-order valence-electron chi connectivity index (χ0n) is 15.6. The zero-order chi connectivity index (χ0) is 19.9. The van der Waals surface area contributed by atoms with Gasteiger partial charge in [0, 0.05) is 11.3 Å². The van der Waals surface area contributed by atoms with Gasteiger partial charge < -0.3 is 15.4 Å². The molecule has 1 heterocycles. The maximum Gasteiger partial charge on any atom is 0.276 e. The second kappa shape index (κ2) is 8.77. The van der Waals surface area contributed by atoms with Crippen LogP contribution in [0.3, 0.4) is 0 Å². The van der Waals surface area contributed by atoms with Gasteiger partial charge in [0.25, 0.3) is 5.91 Å². The second-order valence-electron chi connectivity index (χ2n) is 5.95. The summed E-state index contributed by atoms with van der Waals surface area (Å²) in [5.74, 6) is 0.713. The van der Waals surface area contributed by atoms with Crippen LogP contribution in [0.2, 0.25) is 0 Å². The van der Waals surface area contributed by atoms with E-state index in [2.05, 4.69) is 20.8 Å². The van der Waals surface area contributed by atoms with Gasteiger partial charge in [-0.25, -0.2) is 0 Å². The number of ether oxygens (including phenoxy) is 1. The normalized spacial score (nSPS) is 10.2. The summed E-state index contributed by atoms with van der Waals surface area (Å²) >= 11 is 0. The third kappa shape index (κ3) is 4.70. The minimum absolute atomic E-state index is 0.00705. The first-order valence-electron chi connectivity index (χ1n) is 8.81. The largest absolute Gasteiger partial charge is 0.492 e. The molecule has 0 radical (unpaired) electrons. The molecule has 1 aromatic heterocycles. The van der Waals surface area contributed by atoms with Gasteiger partial charge in [0.05, 0.1) is 12.3 Å². The van der Waals surface area contributed by atoms with Crippen molar-refractivity contribution in [3.05, 3.63) is 71.9 Å². The van der Waals surface area contributed by atoms with E-state index >= 15 is 0 Å². The van der Waals surface area contributed by atoms with Crippen LogP contribution in [0.25, 0.3) is 0 Å². The minimum Gasteiger partial charge on any atom is -0.492 e. The van der Waals surface area contributed by atoms with Crippen LogP contribution in [0.15, 0.2) is 60.7 Å². The molecule has 3 rings (SSSR count). The average Bonchev–Trinajstić information content (AvgIpc) is 2.70. The average molecular weight is 376 g/mol. The highest BCUT2D eigenvalue weighted by molar-refractivity contribution is 6.03. The SMILES string of the molecule is CCOc1ccccc1NC(=O)c1ccc(Nc2ccc(C(C)=O)cc2)nn1. The molecular weight excluding hydrogens is 356 g/mol. The van der Waals surface area contributed by atoms with Gasteiger partial charge in [0.1, 0.15) is 5.75 Å². The van der Waals surface area contributed by atoms with Gasteiger partial charge in [-0.15, -0.1) is 10.2 Å². The Bertz CT molecular complexity index is 970. The van der Waals surface area contributed by atoms with Crippen LogP contribution in [0, 0.1) is 0 Å². The summed E-state index contributed by atoms with van der Waals surface area (Å²) in [6, 6.07) is 17.5. The van der Waals surface area contributed by atoms with Gasteiger partial charge in [-0.05, 0) is 62.4 Å². The number of hydrogen-bond donors (Lipinski definition) is 2. The number of carbonyl (C=O) groups excluding carboxylic acids is 2. The Labute approximate surface area is 162 Å². The molecule has 0 saturated heterocycles. The number of anilines is 3. The number of carbonyl (C=O) groups is 2. The fourth-order valence-electron chi connectivity index (χ4n) is 2.49. The van der Waals surface area contributed by atoms with Crippen molar-refractivity contribution in [3.8, 4) is 5.75 Å². The molecular formula is C21H20N4O3. The quantitative estimate of drug-likeness (QED) is 0.604. The maximum absolute atomic E-state index is 12.4. The van der Waals surface area contributed by atoms with Crippen molar-refractivity contribution in [1.82, 2.24) is 10.2 Å². The molecule has 0 aliphatic carbocycles. The highest BCUT2D eigenvalue weighted by atomic mass is 16.5. The summed E-state index contributed by atoms with van der Waals surface area (Å²) < 4.78 is 5.50. The van der Waals surface area contributed by atoms with Crippen LogP contribution in [0.4, 0.5) is 17.2 Å². The Kier molecular flexibility index (Phi) is 5.96. The number of nitrogens with one attached hydrogen (secondary N) is 2.